The van der Waals surface area contributed by atoms with Gasteiger partial charge in [-0.3, -0.25) is 9.59 Å². The van der Waals surface area contributed by atoms with Crippen LogP contribution in [0, 0.1) is 0 Å². The van der Waals surface area contributed by atoms with E-state index < -0.39 is 6.29 Å². The van der Waals surface area contributed by atoms with Crippen molar-refractivity contribution in [3.8, 4) is 0 Å². The molecule has 0 rings (SSSR count). The van der Waals surface area contributed by atoms with Crippen LogP contribution in [0.2, 0.25) is 0 Å². The molecule has 0 aliphatic rings. The van der Waals surface area contributed by atoms with Gasteiger partial charge in [-0.25, -0.2) is 0 Å². The molecule has 0 amide bonds. The van der Waals surface area contributed by atoms with Gasteiger partial charge in [0, 0.05) is 0 Å². The average molecular weight is 134 g/mol. The molecular weight excluding hydrogens is 128 g/mol. The molecule has 0 fully saturated rings. The van der Waals surface area contributed by atoms with E-state index in [9.17, 15) is 9.59 Å². The minimum absolute atomic E-state index is 0.0683. The lowest BCUT2D eigenvalue weighted by Gasteiger charge is -2.04. The molecule has 5 heteroatoms. The molecule has 52 valence electrons. The van der Waals surface area contributed by atoms with Crippen LogP contribution < -0.4 is 0 Å². The number of aliphatic hydroxyl groups is 1. The molecule has 0 saturated carbocycles. The summed E-state index contributed by atoms with van der Waals surface area (Å²) in [6.07, 6.45) is -1.35. The van der Waals surface area contributed by atoms with E-state index in [4.69, 9.17) is 5.11 Å². The molecule has 0 radical (unpaired) electrons. The molecular formula is C4H6O5. The van der Waals surface area contributed by atoms with Crippen molar-refractivity contribution in [2.75, 3.05) is 6.61 Å². The zero-order valence-electron chi connectivity index (χ0n) is 4.52. The van der Waals surface area contributed by atoms with E-state index in [1.807, 2.05) is 0 Å². The molecule has 0 bridgehead atoms. The Bertz CT molecular complexity index is 91.0. The Morgan fingerprint density at radius 1 is 1.44 bits per heavy atom. The van der Waals surface area contributed by atoms with Gasteiger partial charge in [0.1, 0.15) is 0 Å². The van der Waals surface area contributed by atoms with Crippen molar-refractivity contribution < 1.29 is 24.2 Å². The summed E-state index contributed by atoms with van der Waals surface area (Å²) >= 11 is 0. The number of hydrogen-bond acceptors (Lipinski definition) is 5. The molecule has 9 heavy (non-hydrogen) atoms. The predicted molar refractivity (Wildman–Crippen MR) is 25.2 cm³/mol. The zero-order chi connectivity index (χ0) is 7.11. The number of aliphatic hydroxyl groups excluding tert-OH is 1. The van der Waals surface area contributed by atoms with E-state index in [0.717, 1.165) is 0 Å². The first-order valence-electron chi connectivity index (χ1n) is 2.13. The summed E-state index contributed by atoms with van der Waals surface area (Å²) in [5, 5.41) is 8.44. The summed E-state index contributed by atoms with van der Waals surface area (Å²) in [6, 6.07) is 0. The third-order valence-electron chi connectivity index (χ3n) is 0.519. The van der Waals surface area contributed by atoms with Gasteiger partial charge in [0.05, 0.1) is 0 Å². The van der Waals surface area contributed by atoms with Crippen molar-refractivity contribution in [1.82, 2.24) is 0 Å². The van der Waals surface area contributed by atoms with Crippen LogP contribution in [0.15, 0.2) is 0 Å². The first-order chi connectivity index (χ1) is 4.31. The van der Waals surface area contributed by atoms with Gasteiger partial charge in [0.2, 0.25) is 6.29 Å². The van der Waals surface area contributed by atoms with Gasteiger partial charge < -0.3 is 14.6 Å². The quantitative estimate of drug-likeness (QED) is 0.371. The fourth-order valence-electron chi connectivity index (χ4n) is 0.225. The van der Waals surface area contributed by atoms with E-state index in [0.29, 0.717) is 0 Å². The van der Waals surface area contributed by atoms with E-state index in [2.05, 4.69) is 9.47 Å². The SMILES string of the molecule is O=COCC(O)OC=O. The second-order valence-electron chi connectivity index (χ2n) is 1.12. The zero-order valence-corrected chi connectivity index (χ0v) is 4.52. The molecule has 0 aliphatic heterocycles. The van der Waals surface area contributed by atoms with Crippen LogP contribution in [-0.4, -0.2) is 30.9 Å². The molecule has 1 unspecified atom stereocenters. The molecule has 0 aliphatic carbocycles. The lowest BCUT2D eigenvalue weighted by Crippen LogP contribution is -2.17. The fourth-order valence-corrected chi connectivity index (χ4v) is 0.225. The molecule has 0 heterocycles. The highest BCUT2D eigenvalue weighted by molar-refractivity contribution is 5.38. The Labute approximate surface area is 51.2 Å². The van der Waals surface area contributed by atoms with Crippen LogP contribution in [0.3, 0.4) is 0 Å². The first-order valence-corrected chi connectivity index (χ1v) is 2.13. The largest absolute Gasteiger partial charge is 0.461 e. The molecule has 0 saturated heterocycles. The first kappa shape index (κ1) is 7.90. The van der Waals surface area contributed by atoms with Gasteiger partial charge in [0.25, 0.3) is 12.9 Å². The van der Waals surface area contributed by atoms with Gasteiger partial charge in [0.15, 0.2) is 6.61 Å². The topological polar surface area (TPSA) is 72.8 Å². The van der Waals surface area contributed by atoms with Crippen LogP contribution >= 0.6 is 0 Å². The molecule has 0 spiro atoms. The molecule has 0 aromatic rings. The smallest absolute Gasteiger partial charge is 0.295 e. The maximum absolute atomic E-state index is 9.45. The number of hydrogen-bond donors (Lipinski definition) is 1. The molecule has 5 nitrogen and oxygen atoms in total. The minimum Gasteiger partial charge on any atom is -0.461 e. The number of rotatable bonds is 5. The molecule has 0 aromatic carbocycles. The van der Waals surface area contributed by atoms with E-state index in [1.54, 1.807) is 0 Å². The summed E-state index contributed by atoms with van der Waals surface area (Å²) < 4.78 is 7.97. The number of carbonyl (C=O) groups is 2. The summed E-state index contributed by atoms with van der Waals surface area (Å²) in [7, 11) is 0. The summed E-state index contributed by atoms with van der Waals surface area (Å²) in [6.45, 7) is -0.113. The van der Waals surface area contributed by atoms with Gasteiger partial charge in [-0.05, 0) is 0 Å². The second-order valence-corrected chi connectivity index (χ2v) is 1.12. The van der Waals surface area contributed by atoms with Crippen molar-refractivity contribution in [1.29, 1.82) is 0 Å². The van der Waals surface area contributed by atoms with Crippen LogP contribution in [0.25, 0.3) is 0 Å². The van der Waals surface area contributed by atoms with Crippen molar-refractivity contribution in [3.05, 3.63) is 0 Å². The maximum Gasteiger partial charge on any atom is 0.295 e. The Kier molecular flexibility index (Phi) is 4.43. The fraction of sp³-hybridized carbons (Fsp3) is 0.500. The van der Waals surface area contributed by atoms with E-state index >= 15 is 0 Å². The second kappa shape index (κ2) is 5.04. The normalized spacial score (nSPS) is 11.7. The Balaban J connectivity index is 3.14. The monoisotopic (exact) mass is 134 g/mol. The number of carbonyl (C=O) groups excluding carboxylic acids is 2. The molecule has 0 aromatic heterocycles. The lowest BCUT2D eigenvalue weighted by molar-refractivity contribution is -0.165. The third-order valence-corrected chi connectivity index (χ3v) is 0.519. The van der Waals surface area contributed by atoms with Gasteiger partial charge in [-0.1, -0.05) is 0 Å². The van der Waals surface area contributed by atoms with E-state index in [1.165, 1.54) is 0 Å². The van der Waals surface area contributed by atoms with Gasteiger partial charge in [-0.15, -0.1) is 0 Å². The Hall–Kier alpha value is -1.10. The van der Waals surface area contributed by atoms with Crippen molar-refractivity contribution in [2.24, 2.45) is 0 Å². The predicted octanol–water partition coefficient (Wildman–Crippen LogP) is -1.35. The highest BCUT2D eigenvalue weighted by atomic mass is 16.6. The Morgan fingerprint density at radius 3 is 2.56 bits per heavy atom. The maximum atomic E-state index is 9.45. The van der Waals surface area contributed by atoms with Crippen molar-refractivity contribution >= 4 is 12.9 Å². The van der Waals surface area contributed by atoms with Crippen molar-refractivity contribution in [3.63, 3.8) is 0 Å². The van der Waals surface area contributed by atoms with Crippen molar-refractivity contribution in [2.45, 2.75) is 6.29 Å². The highest BCUT2D eigenvalue weighted by Gasteiger charge is 2.01. The summed E-state index contributed by atoms with van der Waals surface area (Å²) in [5.41, 5.74) is 0. The molecule has 1 N–H and O–H groups in total. The van der Waals surface area contributed by atoms with Crippen LogP contribution in [0.5, 0.6) is 0 Å². The third kappa shape index (κ3) is 4.76. The minimum atomic E-state index is -1.35. The van der Waals surface area contributed by atoms with Crippen LogP contribution in [0.4, 0.5) is 0 Å². The highest BCUT2D eigenvalue weighted by Crippen LogP contribution is 1.81. The number of ether oxygens (including phenoxy) is 2. The lowest BCUT2D eigenvalue weighted by atomic mass is 10.7. The molecule has 1 atom stereocenters. The average Bonchev–Trinajstić information content (AvgIpc) is 1.85. The van der Waals surface area contributed by atoms with Gasteiger partial charge >= 0.3 is 0 Å². The Morgan fingerprint density at radius 2 is 2.11 bits per heavy atom. The van der Waals surface area contributed by atoms with Crippen LogP contribution in [0.1, 0.15) is 0 Å². The van der Waals surface area contributed by atoms with E-state index in [-0.39, 0.29) is 19.6 Å². The standard InChI is InChI=1S/C4H6O5/c5-2-8-1-4(7)9-3-6/h2-4,7H,1H2. The van der Waals surface area contributed by atoms with Crippen LogP contribution in [-0.2, 0) is 19.1 Å². The summed E-state index contributed by atoms with van der Waals surface area (Å²) in [5.74, 6) is 0. The summed E-state index contributed by atoms with van der Waals surface area (Å²) in [4.78, 5) is 18.9. The van der Waals surface area contributed by atoms with Gasteiger partial charge in [-0.2, -0.15) is 0 Å².